The Kier molecular flexibility index (Phi) is 5.43. The summed E-state index contributed by atoms with van der Waals surface area (Å²) in [7, 11) is 0. The van der Waals surface area contributed by atoms with E-state index in [0.29, 0.717) is 23.7 Å². The van der Waals surface area contributed by atoms with Gasteiger partial charge in [0.2, 0.25) is 0 Å². The second-order valence-corrected chi connectivity index (χ2v) is 6.64. The fourth-order valence-electron chi connectivity index (χ4n) is 2.63. The largest absolute Gasteiger partial charge is 0.302 e. The summed E-state index contributed by atoms with van der Waals surface area (Å²) in [5.74, 6) is -0.351. The van der Waals surface area contributed by atoms with E-state index >= 15 is 0 Å². The van der Waals surface area contributed by atoms with Crippen molar-refractivity contribution in [1.82, 2.24) is 19.7 Å². The second kappa shape index (κ2) is 7.74. The number of benzene rings is 1. The number of hydrogen-bond donors (Lipinski definition) is 0. The molecule has 0 amide bonds. The first-order valence-corrected chi connectivity index (χ1v) is 8.97. The zero-order chi connectivity index (χ0) is 17.8. The van der Waals surface area contributed by atoms with Crippen molar-refractivity contribution in [3.05, 3.63) is 59.9 Å². The number of rotatable bonds is 6. The van der Waals surface area contributed by atoms with E-state index in [0.717, 1.165) is 17.5 Å². The van der Waals surface area contributed by atoms with Gasteiger partial charge in [-0.05, 0) is 31.5 Å². The van der Waals surface area contributed by atoms with Crippen molar-refractivity contribution < 1.29 is 8.78 Å². The molecule has 1 atom stereocenters. The monoisotopic (exact) mass is 360 g/mol. The topological polar surface area (TPSA) is 43.6 Å². The van der Waals surface area contributed by atoms with Crippen LogP contribution in [-0.4, -0.2) is 19.7 Å². The minimum Gasteiger partial charge on any atom is -0.302 e. The van der Waals surface area contributed by atoms with Gasteiger partial charge in [-0.1, -0.05) is 24.8 Å². The van der Waals surface area contributed by atoms with Crippen LogP contribution < -0.4 is 0 Å². The molecule has 3 aromatic rings. The molecule has 0 radical (unpaired) electrons. The molecule has 0 spiro atoms. The molecule has 2 aromatic heterocycles. The fourth-order valence-corrected chi connectivity index (χ4v) is 3.80. The fraction of sp³-hybridized carbons (Fsp3) is 0.278. The van der Waals surface area contributed by atoms with Gasteiger partial charge in [-0.3, -0.25) is 4.98 Å². The third-order valence-electron chi connectivity index (χ3n) is 3.90. The van der Waals surface area contributed by atoms with Gasteiger partial charge in [0.1, 0.15) is 11.6 Å². The summed E-state index contributed by atoms with van der Waals surface area (Å²) in [6, 6.07) is 7.46. The third-order valence-corrected chi connectivity index (χ3v) is 5.28. The predicted molar refractivity (Wildman–Crippen MR) is 94.2 cm³/mol. The molecule has 25 heavy (non-hydrogen) atoms. The molecule has 0 fully saturated rings. The van der Waals surface area contributed by atoms with Crippen LogP contribution in [0.25, 0.3) is 11.4 Å². The van der Waals surface area contributed by atoms with E-state index in [2.05, 4.69) is 15.2 Å². The zero-order valence-corrected chi connectivity index (χ0v) is 14.8. The molecule has 0 bridgehead atoms. The second-order valence-electron chi connectivity index (χ2n) is 5.47. The number of nitrogens with zero attached hydrogens (tertiary/aromatic N) is 4. The summed E-state index contributed by atoms with van der Waals surface area (Å²) in [6.07, 6.45) is 4.10. The van der Waals surface area contributed by atoms with Crippen molar-refractivity contribution >= 4 is 11.8 Å². The van der Waals surface area contributed by atoms with Gasteiger partial charge in [0, 0.05) is 41.4 Å². The lowest BCUT2D eigenvalue weighted by molar-refractivity contribution is 0.569. The number of halogens is 2. The quantitative estimate of drug-likeness (QED) is 0.588. The minimum atomic E-state index is -0.571. The summed E-state index contributed by atoms with van der Waals surface area (Å²) < 4.78 is 29.3. The van der Waals surface area contributed by atoms with Gasteiger partial charge >= 0.3 is 0 Å². The zero-order valence-electron chi connectivity index (χ0n) is 14.0. The SMILES string of the molecule is CC[C@H](Sc1nnc(-c2ccncc2)n1CC)c1ccc(F)cc1F. The number of thioether (sulfide) groups is 1. The van der Waals surface area contributed by atoms with E-state index in [1.165, 1.54) is 23.9 Å². The summed E-state index contributed by atoms with van der Waals surface area (Å²) in [4.78, 5) is 4.02. The van der Waals surface area contributed by atoms with Crippen LogP contribution in [0.3, 0.4) is 0 Å². The molecule has 0 saturated heterocycles. The molecule has 0 unspecified atom stereocenters. The van der Waals surface area contributed by atoms with Crippen molar-refractivity contribution in [1.29, 1.82) is 0 Å². The van der Waals surface area contributed by atoms with Gasteiger partial charge in [0.05, 0.1) is 0 Å². The molecular weight excluding hydrogens is 342 g/mol. The van der Waals surface area contributed by atoms with Gasteiger partial charge in [-0.2, -0.15) is 0 Å². The average Bonchev–Trinajstić information content (AvgIpc) is 3.03. The maximum atomic E-state index is 14.1. The van der Waals surface area contributed by atoms with Gasteiger partial charge in [0.15, 0.2) is 11.0 Å². The minimum absolute atomic E-state index is 0.166. The van der Waals surface area contributed by atoms with Crippen molar-refractivity contribution in [2.45, 2.75) is 37.2 Å². The molecule has 0 aliphatic rings. The molecule has 2 heterocycles. The van der Waals surface area contributed by atoms with E-state index in [4.69, 9.17) is 0 Å². The van der Waals surface area contributed by atoms with E-state index in [9.17, 15) is 8.78 Å². The third kappa shape index (κ3) is 3.71. The van der Waals surface area contributed by atoms with Crippen LogP contribution in [0.4, 0.5) is 8.78 Å². The molecule has 0 aliphatic heterocycles. The number of aromatic nitrogens is 4. The summed E-state index contributed by atoms with van der Waals surface area (Å²) in [5, 5.41) is 9.11. The summed E-state index contributed by atoms with van der Waals surface area (Å²) >= 11 is 1.44. The molecular formula is C18H18F2N4S. The van der Waals surface area contributed by atoms with E-state index in [1.807, 2.05) is 30.5 Å². The highest BCUT2D eigenvalue weighted by atomic mass is 32.2. The predicted octanol–water partition coefficient (Wildman–Crippen LogP) is 4.88. The first-order chi connectivity index (χ1) is 12.1. The van der Waals surface area contributed by atoms with Crippen LogP contribution in [-0.2, 0) is 6.54 Å². The first-order valence-electron chi connectivity index (χ1n) is 8.09. The Labute approximate surface area is 149 Å². The Balaban J connectivity index is 1.92. The highest BCUT2D eigenvalue weighted by molar-refractivity contribution is 7.99. The van der Waals surface area contributed by atoms with Crippen molar-refractivity contribution in [2.75, 3.05) is 0 Å². The van der Waals surface area contributed by atoms with E-state index in [1.54, 1.807) is 12.4 Å². The van der Waals surface area contributed by atoms with E-state index < -0.39 is 11.6 Å². The van der Waals surface area contributed by atoms with Crippen LogP contribution in [0, 0.1) is 11.6 Å². The highest BCUT2D eigenvalue weighted by Crippen LogP contribution is 2.39. The van der Waals surface area contributed by atoms with Crippen LogP contribution >= 0.6 is 11.8 Å². The maximum Gasteiger partial charge on any atom is 0.192 e. The highest BCUT2D eigenvalue weighted by Gasteiger charge is 2.21. The first kappa shape index (κ1) is 17.5. The van der Waals surface area contributed by atoms with Gasteiger partial charge < -0.3 is 4.57 Å². The smallest absolute Gasteiger partial charge is 0.192 e. The summed E-state index contributed by atoms with van der Waals surface area (Å²) in [5.41, 5.74) is 1.40. The van der Waals surface area contributed by atoms with Gasteiger partial charge in [0.25, 0.3) is 0 Å². The molecule has 0 N–H and O–H groups in total. The van der Waals surface area contributed by atoms with Crippen LogP contribution in [0.15, 0.2) is 47.9 Å². The van der Waals surface area contributed by atoms with Crippen molar-refractivity contribution in [3.8, 4) is 11.4 Å². The Bertz CT molecular complexity index is 852. The van der Waals surface area contributed by atoms with Crippen molar-refractivity contribution in [3.63, 3.8) is 0 Å². The molecule has 3 rings (SSSR count). The Morgan fingerprint density at radius 3 is 2.48 bits per heavy atom. The maximum absolute atomic E-state index is 14.1. The average molecular weight is 360 g/mol. The van der Waals surface area contributed by atoms with Gasteiger partial charge in [-0.15, -0.1) is 10.2 Å². The Morgan fingerprint density at radius 1 is 1.08 bits per heavy atom. The Morgan fingerprint density at radius 2 is 1.84 bits per heavy atom. The molecule has 4 nitrogen and oxygen atoms in total. The molecule has 0 saturated carbocycles. The molecule has 7 heteroatoms. The van der Waals surface area contributed by atoms with Crippen LogP contribution in [0.1, 0.15) is 31.1 Å². The van der Waals surface area contributed by atoms with Gasteiger partial charge in [-0.25, -0.2) is 8.78 Å². The van der Waals surface area contributed by atoms with Crippen LogP contribution in [0.5, 0.6) is 0 Å². The lowest BCUT2D eigenvalue weighted by atomic mass is 10.1. The molecule has 1 aromatic carbocycles. The Hall–Kier alpha value is -2.28. The number of hydrogen-bond acceptors (Lipinski definition) is 4. The standard InChI is InChI=1S/C18H18F2N4S/c1-3-16(14-6-5-13(19)11-15(14)20)25-18-23-22-17(24(18)4-2)12-7-9-21-10-8-12/h5-11,16H,3-4H2,1-2H3/t16-/m0/s1. The molecule has 130 valence electrons. The van der Waals surface area contributed by atoms with E-state index in [-0.39, 0.29) is 5.25 Å². The lowest BCUT2D eigenvalue weighted by Gasteiger charge is -2.16. The molecule has 0 aliphatic carbocycles. The normalized spacial score (nSPS) is 12.3. The summed E-state index contributed by atoms with van der Waals surface area (Å²) in [6.45, 7) is 4.67. The number of pyridine rings is 1. The van der Waals surface area contributed by atoms with Crippen molar-refractivity contribution in [2.24, 2.45) is 0 Å². The van der Waals surface area contributed by atoms with Crippen LogP contribution in [0.2, 0.25) is 0 Å². The lowest BCUT2D eigenvalue weighted by Crippen LogP contribution is -2.03.